The van der Waals surface area contributed by atoms with Crippen molar-refractivity contribution in [2.24, 2.45) is 11.8 Å². The van der Waals surface area contributed by atoms with Crippen LogP contribution in [0.4, 0.5) is 0 Å². The molecule has 1 aromatic carbocycles. The maximum Gasteiger partial charge on any atom is 0.119 e. The summed E-state index contributed by atoms with van der Waals surface area (Å²) in [6.07, 6.45) is 3.79. The summed E-state index contributed by atoms with van der Waals surface area (Å²) in [6.45, 7) is 9.79. The van der Waals surface area contributed by atoms with Crippen molar-refractivity contribution in [1.29, 1.82) is 0 Å². The minimum absolute atomic E-state index is 0.759. The second-order valence-corrected chi connectivity index (χ2v) is 6.87. The summed E-state index contributed by atoms with van der Waals surface area (Å²) in [5.41, 5.74) is 2.48. The highest BCUT2D eigenvalue weighted by Gasteiger charge is 2.19. The van der Waals surface area contributed by atoms with Crippen LogP contribution in [0.3, 0.4) is 0 Å². The van der Waals surface area contributed by atoms with E-state index < -0.39 is 0 Å². The van der Waals surface area contributed by atoms with Crippen LogP contribution in [-0.4, -0.2) is 19.7 Å². The average molecular weight is 340 g/mol. The van der Waals surface area contributed by atoms with E-state index in [1.807, 2.05) is 0 Å². The predicted octanol–water partition coefficient (Wildman–Crippen LogP) is 4.47. The summed E-state index contributed by atoms with van der Waals surface area (Å²) in [7, 11) is 0. The van der Waals surface area contributed by atoms with Crippen LogP contribution >= 0.6 is 15.9 Å². The van der Waals surface area contributed by atoms with Crippen LogP contribution in [-0.2, 0) is 0 Å². The van der Waals surface area contributed by atoms with E-state index in [0.717, 1.165) is 30.6 Å². The molecule has 1 N–H and O–H groups in total. The van der Waals surface area contributed by atoms with E-state index in [0.29, 0.717) is 0 Å². The van der Waals surface area contributed by atoms with E-state index >= 15 is 0 Å². The Morgan fingerprint density at radius 3 is 2.45 bits per heavy atom. The summed E-state index contributed by atoms with van der Waals surface area (Å²) < 4.78 is 7.14. The molecule has 0 unspecified atom stereocenters. The Hall–Kier alpha value is -0.540. The normalized spacial score (nSPS) is 18.0. The maximum atomic E-state index is 5.95. The van der Waals surface area contributed by atoms with Gasteiger partial charge in [0.15, 0.2) is 0 Å². The number of piperidine rings is 1. The van der Waals surface area contributed by atoms with Crippen LogP contribution in [0.15, 0.2) is 16.6 Å². The molecule has 2 nitrogen and oxygen atoms in total. The first kappa shape index (κ1) is 15.8. The van der Waals surface area contributed by atoms with Crippen LogP contribution in [0, 0.1) is 25.7 Å². The van der Waals surface area contributed by atoms with Gasteiger partial charge in [0.2, 0.25) is 0 Å². The number of rotatable bonds is 5. The summed E-state index contributed by atoms with van der Waals surface area (Å²) in [5, 5.41) is 3.43. The number of halogens is 1. The van der Waals surface area contributed by atoms with Crippen molar-refractivity contribution in [2.75, 3.05) is 19.7 Å². The van der Waals surface area contributed by atoms with Gasteiger partial charge in [-0.3, -0.25) is 0 Å². The standard InChI is InChI=1S/C17H26BrNO/c1-12(15-4-7-19-8-5-15)6-9-20-16-10-13(2)17(18)14(3)11-16/h10-12,15,19H,4-9H2,1-3H3/t12-/m1/s1. The number of hydrogen-bond donors (Lipinski definition) is 1. The molecule has 112 valence electrons. The van der Waals surface area contributed by atoms with Gasteiger partial charge in [-0.05, 0) is 81.3 Å². The van der Waals surface area contributed by atoms with E-state index in [1.54, 1.807) is 0 Å². The van der Waals surface area contributed by atoms with Crippen molar-refractivity contribution in [3.63, 3.8) is 0 Å². The second kappa shape index (κ2) is 7.46. The molecule has 0 aliphatic carbocycles. The van der Waals surface area contributed by atoms with Crippen molar-refractivity contribution in [1.82, 2.24) is 5.32 Å². The first-order chi connectivity index (χ1) is 9.58. The van der Waals surface area contributed by atoms with Crippen molar-refractivity contribution in [2.45, 2.75) is 40.0 Å². The second-order valence-electron chi connectivity index (χ2n) is 6.07. The molecule has 1 fully saturated rings. The average Bonchev–Trinajstić information content (AvgIpc) is 2.45. The van der Waals surface area contributed by atoms with Crippen molar-refractivity contribution >= 4 is 15.9 Å². The largest absolute Gasteiger partial charge is 0.494 e. The molecule has 0 radical (unpaired) electrons. The fourth-order valence-electron chi connectivity index (χ4n) is 3.00. The number of benzene rings is 1. The summed E-state index contributed by atoms with van der Waals surface area (Å²) in [6, 6.07) is 4.23. The zero-order valence-corrected chi connectivity index (χ0v) is 14.4. The molecule has 1 heterocycles. The van der Waals surface area contributed by atoms with E-state index in [9.17, 15) is 0 Å². The van der Waals surface area contributed by atoms with Gasteiger partial charge in [0, 0.05) is 4.47 Å². The molecule has 0 aromatic heterocycles. The lowest BCUT2D eigenvalue weighted by Gasteiger charge is -2.28. The van der Waals surface area contributed by atoms with Gasteiger partial charge in [-0.25, -0.2) is 0 Å². The van der Waals surface area contributed by atoms with Crippen LogP contribution in [0.1, 0.15) is 37.3 Å². The summed E-state index contributed by atoms with van der Waals surface area (Å²) in [4.78, 5) is 0. The van der Waals surface area contributed by atoms with Gasteiger partial charge in [-0.15, -0.1) is 0 Å². The molecule has 1 saturated heterocycles. The SMILES string of the molecule is Cc1cc(OCC[C@@H](C)C2CCNCC2)cc(C)c1Br. The Morgan fingerprint density at radius 1 is 1.25 bits per heavy atom. The molecule has 1 aliphatic rings. The van der Waals surface area contributed by atoms with Crippen LogP contribution in [0.2, 0.25) is 0 Å². The van der Waals surface area contributed by atoms with Crippen molar-refractivity contribution in [3.05, 3.63) is 27.7 Å². The lowest BCUT2D eigenvalue weighted by Crippen LogP contribution is -2.31. The Kier molecular flexibility index (Phi) is 5.91. The molecule has 0 bridgehead atoms. The monoisotopic (exact) mass is 339 g/mol. The zero-order valence-electron chi connectivity index (χ0n) is 12.8. The van der Waals surface area contributed by atoms with Gasteiger partial charge in [-0.1, -0.05) is 22.9 Å². The van der Waals surface area contributed by atoms with Gasteiger partial charge >= 0.3 is 0 Å². The minimum atomic E-state index is 0.759. The first-order valence-electron chi connectivity index (χ1n) is 7.68. The lowest BCUT2D eigenvalue weighted by molar-refractivity contribution is 0.216. The van der Waals surface area contributed by atoms with Crippen molar-refractivity contribution in [3.8, 4) is 5.75 Å². The molecule has 2 rings (SSSR count). The topological polar surface area (TPSA) is 21.3 Å². The van der Waals surface area contributed by atoms with Crippen LogP contribution in [0.25, 0.3) is 0 Å². The lowest BCUT2D eigenvalue weighted by atomic mass is 9.84. The fraction of sp³-hybridized carbons (Fsp3) is 0.647. The Morgan fingerprint density at radius 2 is 1.85 bits per heavy atom. The number of ether oxygens (including phenoxy) is 1. The van der Waals surface area contributed by atoms with E-state index in [-0.39, 0.29) is 0 Å². The number of aryl methyl sites for hydroxylation is 2. The molecular formula is C17H26BrNO. The third kappa shape index (κ3) is 4.23. The zero-order chi connectivity index (χ0) is 14.5. The van der Waals surface area contributed by atoms with Crippen LogP contribution < -0.4 is 10.1 Å². The highest BCUT2D eigenvalue weighted by Crippen LogP contribution is 2.28. The highest BCUT2D eigenvalue weighted by molar-refractivity contribution is 9.10. The Labute approximate surface area is 131 Å². The molecule has 1 atom stereocenters. The summed E-state index contributed by atoms with van der Waals surface area (Å²) in [5.74, 6) is 2.63. The fourth-order valence-corrected chi connectivity index (χ4v) is 3.23. The number of hydrogen-bond acceptors (Lipinski definition) is 2. The molecule has 0 amide bonds. The highest BCUT2D eigenvalue weighted by atomic mass is 79.9. The Balaban J connectivity index is 1.80. The maximum absolute atomic E-state index is 5.95. The molecule has 0 spiro atoms. The first-order valence-corrected chi connectivity index (χ1v) is 8.47. The smallest absolute Gasteiger partial charge is 0.119 e. The molecular weight excluding hydrogens is 314 g/mol. The molecule has 1 aliphatic heterocycles. The van der Waals surface area contributed by atoms with E-state index in [2.05, 4.69) is 54.2 Å². The third-order valence-electron chi connectivity index (χ3n) is 4.44. The van der Waals surface area contributed by atoms with Gasteiger partial charge in [-0.2, -0.15) is 0 Å². The molecule has 3 heteroatoms. The third-order valence-corrected chi connectivity index (χ3v) is 5.69. The molecule has 0 saturated carbocycles. The number of nitrogens with one attached hydrogen (secondary N) is 1. The van der Waals surface area contributed by atoms with Gasteiger partial charge in [0.1, 0.15) is 5.75 Å². The quantitative estimate of drug-likeness (QED) is 0.854. The molecule has 1 aromatic rings. The van der Waals surface area contributed by atoms with E-state index in [1.165, 1.54) is 41.5 Å². The minimum Gasteiger partial charge on any atom is -0.494 e. The van der Waals surface area contributed by atoms with Crippen molar-refractivity contribution < 1.29 is 4.74 Å². The molecule has 20 heavy (non-hydrogen) atoms. The van der Waals surface area contributed by atoms with Crippen LogP contribution in [0.5, 0.6) is 5.75 Å². The summed E-state index contributed by atoms with van der Waals surface area (Å²) >= 11 is 3.60. The van der Waals surface area contributed by atoms with Gasteiger partial charge < -0.3 is 10.1 Å². The van der Waals surface area contributed by atoms with E-state index in [4.69, 9.17) is 4.74 Å². The predicted molar refractivity (Wildman–Crippen MR) is 88.5 cm³/mol. The van der Waals surface area contributed by atoms with Gasteiger partial charge in [0.05, 0.1) is 6.61 Å². The Bertz CT molecular complexity index is 418. The van der Waals surface area contributed by atoms with Gasteiger partial charge in [0.25, 0.3) is 0 Å².